The van der Waals surface area contributed by atoms with E-state index in [9.17, 15) is 0 Å². The molecule has 2 nitrogen and oxygen atoms in total. The van der Waals surface area contributed by atoms with Crippen molar-refractivity contribution in [2.24, 2.45) is 0 Å². The maximum absolute atomic E-state index is 6.44. The monoisotopic (exact) mass is 663 g/mol. The summed E-state index contributed by atoms with van der Waals surface area (Å²) in [5.74, 6) is 0. The molecule has 0 bridgehead atoms. The van der Waals surface area contributed by atoms with Crippen molar-refractivity contribution in [3.05, 3.63) is 200 Å². The Kier molecular flexibility index (Phi) is 7.18. The lowest BCUT2D eigenvalue weighted by atomic mass is 9.94. The minimum absolute atomic E-state index is 0.906. The van der Waals surface area contributed by atoms with Crippen molar-refractivity contribution in [1.29, 1.82) is 0 Å². The van der Waals surface area contributed by atoms with Gasteiger partial charge in [-0.1, -0.05) is 164 Å². The van der Waals surface area contributed by atoms with Crippen LogP contribution in [0.25, 0.3) is 76.9 Å². The predicted octanol–water partition coefficient (Wildman–Crippen LogP) is 14.4. The van der Waals surface area contributed by atoms with Crippen molar-refractivity contribution in [2.75, 3.05) is 4.90 Å². The van der Waals surface area contributed by atoms with Gasteiger partial charge in [0.05, 0.1) is 11.4 Å². The summed E-state index contributed by atoms with van der Waals surface area (Å²) in [6, 6.07) is 71.8. The van der Waals surface area contributed by atoms with Crippen LogP contribution in [0, 0.1) is 0 Å². The van der Waals surface area contributed by atoms with Gasteiger partial charge in [0.25, 0.3) is 0 Å². The maximum atomic E-state index is 6.44. The van der Waals surface area contributed by atoms with E-state index in [1.54, 1.807) is 0 Å². The van der Waals surface area contributed by atoms with E-state index in [2.05, 4.69) is 193 Å². The van der Waals surface area contributed by atoms with Crippen LogP contribution >= 0.6 is 0 Å². The SMILES string of the molecule is c1ccc(N(c2ccc(-c3cccc4c3oc3ccccc34)cc2)c2ccccc2-c2cccc3ccccc23)c(-c2ccc3ccccc3c2)c1. The van der Waals surface area contributed by atoms with Gasteiger partial charge in [0.1, 0.15) is 11.2 Å². The molecule has 10 rings (SSSR count). The molecule has 0 radical (unpaired) electrons. The molecule has 0 saturated carbocycles. The zero-order chi connectivity index (χ0) is 34.4. The third kappa shape index (κ3) is 5.04. The smallest absolute Gasteiger partial charge is 0.143 e. The summed E-state index contributed by atoms with van der Waals surface area (Å²) in [5.41, 5.74) is 12.0. The minimum atomic E-state index is 0.906. The standard InChI is InChI=1S/C50H33NO/c1-2-15-37-33-38(28-27-34(37)13-1)41-18-5-8-24-47(41)51(48-25-9-6-19-44(48)43-22-11-16-35-14-3-4-17-40(35)43)39-31-29-36(30-32-39)42-21-12-23-46-45-20-7-10-26-49(45)52-50(42)46/h1-33H. The molecule has 0 unspecified atom stereocenters. The average molecular weight is 664 g/mol. The summed E-state index contributed by atoms with van der Waals surface area (Å²) in [6.07, 6.45) is 0. The number of benzene rings is 9. The lowest BCUT2D eigenvalue weighted by Crippen LogP contribution is -2.12. The lowest BCUT2D eigenvalue weighted by molar-refractivity contribution is 0.670. The molecule has 0 saturated heterocycles. The molecule has 0 atom stereocenters. The van der Waals surface area contributed by atoms with Gasteiger partial charge in [-0.15, -0.1) is 0 Å². The van der Waals surface area contributed by atoms with Crippen LogP contribution in [-0.2, 0) is 0 Å². The van der Waals surface area contributed by atoms with Crippen molar-refractivity contribution < 1.29 is 4.42 Å². The van der Waals surface area contributed by atoms with E-state index in [4.69, 9.17) is 4.42 Å². The first-order valence-electron chi connectivity index (χ1n) is 17.8. The number of nitrogens with zero attached hydrogens (tertiary/aromatic N) is 1. The fraction of sp³-hybridized carbons (Fsp3) is 0. The highest BCUT2D eigenvalue weighted by Crippen LogP contribution is 2.46. The van der Waals surface area contributed by atoms with Crippen LogP contribution in [0.1, 0.15) is 0 Å². The van der Waals surface area contributed by atoms with Gasteiger partial charge in [-0.3, -0.25) is 0 Å². The molecule has 0 amide bonds. The van der Waals surface area contributed by atoms with E-state index < -0.39 is 0 Å². The molecule has 0 aliphatic rings. The first kappa shape index (κ1) is 30.0. The zero-order valence-electron chi connectivity index (χ0n) is 28.4. The van der Waals surface area contributed by atoms with E-state index >= 15 is 0 Å². The number of hydrogen-bond acceptors (Lipinski definition) is 2. The van der Waals surface area contributed by atoms with E-state index in [-0.39, 0.29) is 0 Å². The summed E-state index contributed by atoms with van der Waals surface area (Å²) < 4.78 is 6.44. The quantitative estimate of drug-likeness (QED) is 0.176. The highest BCUT2D eigenvalue weighted by molar-refractivity contribution is 6.10. The third-order valence-corrected chi connectivity index (χ3v) is 10.3. The van der Waals surface area contributed by atoms with Crippen molar-refractivity contribution in [1.82, 2.24) is 0 Å². The van der Waals surface area contributed by atoms with Gasteiger partial charge < -0.3 is 9.32 Å². The highest BCUT2D eigenvalue weighted by Gasteiger charge is 2.22. The van der Waals surface area contributed by atoms with Crippen molar-refractivity contribution in [3.8, 4) is 33.4 Å². The number of hydrogen-bond donors (Lipinski definition) is 0. The Bertz CT molecular complexity index is 2910. The number of para-hydroxylation sites is 4. The number of rotatable bonds is 6. The summed E-state index contributed by atoms with van der Waals surface area (Å²) in [4.78, 5) is 2.42. The first-order valence-corrected chi connectivity index (χ1v) is 17.8. The second kappa shape index (κ2) is 12.5. The predicted molar refractivity (Wildman–Crippen MR) is 220 cm³/mol. The van der Waals surface area contributed by atoms with Gasteiger partial charge in [0.15, 0.2) is 0 Å². The van der Waals surface area contributed by atoms with Crippen LogP contribution in [0.2, 0.25) is 0 Å². The molecule has 1 heterocycles. The Morgan fingerprint density at radius 3 is 1.73 bits per heavy atom. The largest absolute Gasteiger partial charge is 0.455 e. The fourth-order valence-electron chi connectivity index (χ4n) is 7.80. The van der Waals surface area contributed by atoms with Crippen LogP contribution < -0.4 is 4.90 Å². The molecule has 0 N–H and O–H groups in total. The van der Waals surface area contributed by atoms with E-state index in [0.29, 0.717) is 0 Å². The van der Waals surface area contributed by atoms with E-state index in [0.717, 1.165) is 55.7 Å². The first-order chi connectivity index (χ1) is 25.8. The normalized spacial score (nSPS) is 11.5. The summed E-state index contributed by atoms with van der Waals surface area (Å²) in [6.45, 7) is 0. The highest BCUT2D eigenvalue weighted by atomic mass is 16.3. The Morgan fingerprint density at radius 2 is 0.885 bits per heavy atom. The molecule has 9 aromatic carbocycles. The van der Waals surface area contributed by atoms with Gasteiger partial charge in [-0.25, -0.2) is 0 Å². The number of furan rings is 1. The molecule has 52 heavy (non-hydrogen) atoms. The Balaban J connectivity index is 1.18. The summed E-state index contributed by atoms with van der Waals surface area (Å²) in [5, 5.41) is 7.18. The second-order valence-electron chi connectivity index (χ2n) is 13.3. The molecule has 0 fully saturated rings. The third-order valence-electron chi connectivity index (χ3n) is 10.3. The number of anilines is 3. The van der Waals surface area contributed by atoms with Crippen LogP contribution in [0.5, 0.6) is 0 Å². The summed E-state index contributed by atoms with van der Waals surface area (Å²) in [7, 11) is 0. The van der Waals surface area contributed by atoms with Crippen molar-refractivity contribution in [2.45, 2.75) is 0 Å². The summed E-state index contributed by atoms with van der Waals surface area (Å²) >= 11 is 0. The van der Waals surface area contributed by atoms with Gasteiger partial charge in [-0.2, -0.15) is 0 Å². The second-order valence-corrected chi connectivity index (χ2v) is 13.3. The van der Waals surface area contributed by atoms with Gasteiger partial charge in [-0.05, 0) is 74.6 Å². The molecule has 244 valence electrons. The van der Waals surface area contributed by atoms with Gasteiger partial charge in [0.2, 0.25) is 0 Å². The Hall–Kier alpha value is -6.90. The van der Waals surface area contributed by atoms with E-state index in [1.165, 1.54) is 38.2 Å². The molecule has 0 aliphatic carbocycles. The molecule has 1 aromatic heterocycles. The van der Waals surface area contributed by atoms with Gasteiger partial charge >= 0.3 is 0 Å². The Morgan fingerprint density at radius 1 is 0.327 bits per heavy atom. The number of fused-ring (bicyclic) bond motifs is 5. The van der Waals surface area contributed by atoms with Crippen LogP contribution in [0.3, 0.4) is 0 Å². The van der Waals surface area contributed by atoms with Crippen molar-refractivity contribution in [3.63, 3.8) is 0 Å². The zero-order valence-corrected chi connectivity index (χ0v) is 28.4. The maximum Gasteiger partial charge on any atom is 0.143 e. The minimum Gasteiger partial charge on any atom is -0.455 e. The van der Waals surface area contributed by atoms with Crippen molar-refractivity contribution >= 4 is 60.5 Å². The van der Waals surface area contributed by atoms with Crippen LogP contribution in [-0.4, -0.2) is 0 Å². The lowest BCUT2D eigenvalue weighted by Gasteiger charge is -2.30. The topological polar surface area (TPSA) is 16.4 Å². The molecular formula is C50H33NO. The fourth-order valence-corrected chi connectivity index (χ4v) is 7.80. The van der Waals surface area contributed by atoms with Crippen LogP contribution in [0.4, 0.5) is 17.1 Å². The molecule has 2 heteroatoms. The molecular weight excluding hydrogens is 631 g/mol. The molecule has 10 aromatic rings. The molecule has 0 aliphatic heterocycles. The van der Waals surface area contributed by atoms with Gasteiger partial charge in [0, 0.05) is 33.2 Å². The molecule has 0 spiro atoms. The van der Waals surface area contributed by atoms with E-state index in [1.807, 2.05) is 12.1 Å². The average Bonchev–Trinajstić information content (AvgIpc) is 3.60. The van der Waals surface area contributed by atoms with Crippen LogP contribution in [0.15, 0.2) is 205 Å². The Labute approximate surface area is 302 Å².